The van der Waals surface area contributed by atoms with Gasteiger partial charge < -0.3 is 31.2 Å². The Morgan fingerprint density at radius 3 is 2.49 bits per heavy atom. The van der Waals surface area contributed by atoms with Gasteiger partial charge in [0.15, 0.2) is 17.3 Å². The topological polar surface area (TPSA) is 118 Å². The van der Waals surface area contributed by atoms with Crippen molar-refractivity contribution in [2.45, 2.75) is 37.8 Å². The number of rotatable bonds is 8. The number of halogens is 1. The van der Waals surface area contributed by atoms with E-state index in [1.807, 2.05) is 36.5 Å². The molecule has 3 fully saturated rings. The zero-order valence-corrected chi connectivity index (χ0v) is 24.4. The summed E-state index contributed by atoms with van der Waals surface area (Å²) in [5.74, 6) is -0.274. The number of hydrogen-bond donors (Lipinski definition) is 4. The lowest BCUT2D eigenvalue weighted by atomic mass is 10.0. The van der Waals surface area contributed by atoms with E-state index in [0.29, 0.717) is 35.0 Å². The van der Waals surface area contributed by atoms with Crippen LogP contribution in [0.1, 0.15) is 36.2 Å². The summed E-state index contributed by atoms with van der Waals surface area (Å²) in [6.07, 6.45) is 6.00. The van der Waals surface area contributed by atoms with Gasteiger partial charge in [0, 0.05) is 79.7 Å². The van der Waals surface area contributed by atoms with Gasteiger partial charge >= 0.3 is 0 Å². The number of nitrogens with zero attached hydrogens (tertiary/aromatic N) is 5. The van der Waals surface area contributed by atoms with Gasteiger partial charge in [-0.15, -0.1) is 0 Å². The van der Waals surface area contributed by atoms with Gasteiger partial charge in [-0.25, -0.2) is 14.4 Å². The summed E-state index contributed by atoms with van der Waals surface area (Å²) < 4.78 is 15.5. The van der Waals surface area contributed by atoms with Gasteiger partial charge in [-0.2, -0.15) is 0 Å². The number of benzene rings is 2. The highest BCUT2D eigenvalue weighted by Gasteiger charge is 2.29. The number of H-pyrrole nitrogens is 1. The number of fused-ring (bicyclic) bond motifs is 1. The number of amides is 1. The zero-order chi connectivity index (χ0) is 29.5. The van der Waals surface area contributed by atoms with Crippen LogP contribution in [-0.2, 0) is 0 Å². The van der Waals surface area contributed by atoms with Crippen molar-refractivity contribution in [3.05, 3.63) is 60.2 Å². The minimum absolute atomic E-state index is 0.000603. The van der Waals surface area contributed by atoms with E-state index in [1.165, 1.54) is 6.07 Å². The van der Waals surface area contributed by atoms with Gasteiger partial charge in [0.25, 0.3) is 5.91 Å². The Hall–Kier alpha value is -4.22. The first kappa shape index (κ1) is 27.6. The van der Waals surface area contributed by atoms with E-state index in [9.17, 15) is 4.79 Å². The number of piperidine rings is 1. The van der Waals surface area contributed by atoms with Crippen LogP contribution >= 0.6 is 0 Å². The fraction of sp³-hybridized carbons (Fsp3) is 0.406. The molecule has 1 saturated carbocycles. The van der Waals surface area contributed by atoms with Crippen molar-refractivity contribution in [1.29, 1.82) is 0 Å². The van der Waals surface area contributed by atoms with Gasteiger partial charge in [-0.1, -0.05) is 12.1 Å². The van der Waals surface area contributed by atoms with E-state index in [0.717, 1.165) is 81.4 Å². The Kier molecular flexibility index (Phi) is 7.36. The molecule has 7 rings (SSSR count). The minimum atomic E-state index is -0.712. The number of carbonyl (C=O) groups is 1. The van der Waals surface area contributed by atoms with Crippen molar-refractivity contribution in [2.75, 3.05) is 61.8 Å². The van der Waals surface area contributed by atoms with Crippen LogP contribution in [0.25, 0.3) is 22.2 Å². The molecule has 0 bridgehead atoms. The molecule has 0 unspecified atom stereocenters. The molecule has 2 aliphatic heterocycles. The first-order valence-electron chi connectivity index (χ1n) is 15.2. The second-order valence-electron chi connectivity index (χ2n) is 12.0. The molecule has 4 aromatic rings. The monoisotopic (exact) mass is 583 g/mol. The Morgan fingerprint density at radius 1 is 0.977 bits per heavy atom. The summed E-state index contributed by atoms with van der Waals surface area (Å²) in [5.41, 5.74) is 9.22. The van der Waals surface area contributed by atoms with Crippen LogP contribution in [0.15, 0.2) is 48.7 Å². The average molecular weight is 584 g/mol. The molecule has 5 N–H and O–H groups in total. The van der Waals surface area contributed by atoms with Crippen LogP contribution in [0.3, 0.4) is 0 Å². The number of piperazine rings is 1. The molecule has 0 atom stereocenters. The number of anilines is 4. The molecule has 224 valence electrons. The normalized spacial score (nSPS) is 18.7. The maximum absolute atomic E-state index is 15.5. The summed E-state index contributed by atoms with van der Waals surface area (Å²) in [4.78, 5) is 32.5. The summed E-state index contributed by atoms with van der Waals surface area (Å²) in [6.45, 7) is 6.07. The molecule has 1 amide bonds. The summed E-state index contributed by atoms with van der Waals surface area (Å²) in [7, 11) is 2.17. The molecule has 2 saturated heterocycles. The molecule has 10 nitrogen and oxygen atoms in total. The van der Waals surface area contributed by atoms with Crippen molar-refractivity contribution in [2.24, 2.45) is 5.73 Å². The Bertz CT molecular complexity index is 1640. The number of aromatic amines is 1. The van der Waals surface area contributed by atoms with Crippen molar-refractivity contribution in [3.63, 3.8) is 0 Å². The van der Waals surface area contributed by atoms with Gasteiger partial charge in [0.05, 0.1) is 5.69 Å². The Labute approximate surface area is 250 Å². The highest BCUT2D eigenvalue weighted by Crippen LogP contribution is 2.36. The lowest BCUT2D eigenvalue weighted by molar-refractivity contribution is 0.0981. The lowest BCUT2D eigenvalue weighted by Gasteiger charge is -2.42. The SMILES string of the molecule is CN1CCN(C2CCN(c3ccc(Nc4nc(NC5CC5)c(-c5cccc6[nH]ccc56)nc4C(N)=O)cc3F)CC2)CC1. The third-order valence-electron chi connectivity index (χ3n) is 8.97. The van der Waals surface area contributed by atoms with Gasteiger partial charge in [0.2, 0.25) is 0 Å². The van der Waals surface area contributed by atoms with Gasteiger partial charge in [-0.3, -0.25) is 9.69 Å². The Balaban J connectivity index is 1.13. The van der Waals surface area contributed by atoms with Crippen LogP contribution in [0.4, 0.5) is 27.4 Å². The highest BCUT2D eigenvalue weighted by atomic mass is 19.1. The van der Waals surface area contributed by atoms with Crippen molar-refractivity contribution in [1.82, 2.24) is 24.8 Å². The van der Waals surface area contributed by atoms with Crippen LogP contribution < -0.4 is 21.3 Å². The van der Waals surface area contributed by atoms with E-state index in [1.54, 1.807) is 6.07 Å². The largest absolute Gasteiger partial charge is 0.369 e. The first-order chi connectivity index (χ1) is 20.9. The summed E-state index contributed by atoms with van der Waals surface area (Å²) in [6, 6.07) is 13.8. The maximum atomic E-state index is 15.5. The zero-order valence-electron chi connectivity index (χ0n) is 24.4. The molecule has 2 aromatic heterocycles. The highest BCUT2D eigenvalue weighted by molar-refractivity contribution is 6.01. The van der Waals surface area contributed by atoms with E-state index >= 15 is 4.39 Å². The summed E-state index contributed by atoms with van der Waals surface area (Å²) in [5, 5.41) is 7.57. The first-order valence-corrected chi connectivity index (χ1v) is 15.2. The molecular formula is C32H38FN9O. The standard InChI is InChI=1S/C32H38FN9O/c1-40-15-17-41(18-16-40)22-10-13-42(14-11-22)27-8-7-21(19-25(27)33)37-32-29(30(34)43)38-28(31(39-32)36-20-5-6-20)24-3-2-4-26-23(24)9-12-35-26/h2-4,7-9,12,19-20,22,35H,5-6,10-11,13-18H2,1H3,(H2,34,43)(H2,36,37,39). The second-order valence-corrected chi connectivity index (χ2v) is 12.0. The fourth-order valence-corrected chi connectivity index (χ4v) is 6.33. The van der Waals surface area contributed by atoms with Gasteiger partial charge in [-0.05, 0) is 63.1 Å². The molecule has 2 aromatic carbocycles. The molecule has 43 heavy (non-hydrogen) atoms. The number of aromatic nitrogens is 3. The van der Waals surface area contributed by atoms with Crippen LogP contribution in [0.5, 0.6) is 0 Å². The quantitative estimate of drug-likeness (QED) is 0.241. The maximum Gasteiger partial charge on any atom is 0.271 e. The number of primary amides is 1. The van der Waals surface area contributed by atoms with Gasteiger partial charge in [0.1, 0.15) is 11.5 Å². The molecule has 1 aliphatic carbocycles. The molecule has 4 heterocycles. The number of nitrogens with two attached hydrogens (primary N) is 1. The van der Waals surface area contributed by atoms with Crippen molar-refractivity contribution in [3.8, 4) is 11.3 Å². The summed E-state index contributed by atoms with van der Waals surface area (Å²) >= 11 is 0. The van der Waals surface area contributed by atoms with Crippen LogP contribution in [-0.4, -0.2) is 89.1 Å². The lowest BCUT2D eigenvalue weighted by Crippen LogP contribution is -2.52. The second kappa shape index (κ2) is 11.5. The predicted octanol–water partition coefficient (Wildman–Crippen LogP) is 4.40. The Morgan fingerprint density at radius 2 is 1.77 bits per heavy atom. The number of carbonyl (C=O) groups excluding carboxylic acids is 1. The number of nitrogens with one attached hydrogen (secondary N) is 3. The third-order valence-corrected chi connectivity index (χ3v) is 8.97. The van der Waals surface area contributed by atoms with Crippen molar-refractivity contribution < 1.29 is 9.18 Å². The number of hydrogen-bond acceptors (Lipinski definition) is 8. The van der Waals surface area contributed by atoms with E-state index in [-0.39, 0.29) is 17.3 Å². The minimum Gasteiger partial charge on any atom is -0.369 e. The molecule has 0 spiro atoms. The van der Waals surface area contributed by atoms with E-state index in [4.69, 9.17) is 15.7 Å². The third kappa shape index (κ3) is 5.74. The fourth-order valence-electron chi connectivity index (χ4n) is 6.33. The molecule has 11 heteroatoms. The van der Waals surface area contributed by atoms with Crippen molar-refractivity contribution >= 4 is 39.8 Å². The number of likely N-dealkylation sites (N-methyl/N-ethyl adjacent to an activating group) is 1. The van der Waals surface area contributed by atoms with Crippen LogP contribution in [0, 0.1) is 5.82 Å². The molecule has 0 radical (unpaired) electrons. The van der Waals surface area contributed by atoms with E-state index < -0.39 is 5.91 Å². The predicted molar refractivity (Wildman–Crippen MR) is 168 cm³/mol. The van der Waals surface area contributed by atoms with E-state index in [2.05, 4.69) is 37.4 Å². The molecular weight excluding hydrogens is 545 g/mol. The molecule has 3 aliphatic rings. The van der Waals surface area contributed by atoms with Crippen LogP contribution in [0.2, 0.25) is 0 Å². The smallest absolute Gasteiger partial charge is 0.271 e. The average Bonchev–Trinajstić information content (AvgIpc) is 3.69.